The van der Waals surface area contributed by atoms with Gasteiger partial charge in [-0.25, -0.2) is 12.7 Å². The summed E-state index contributed by atoms with van der Waals surface area (Å²) in [5, 5.41) is 0. The molecule has 0 aliphatic carbocycles. The van der Waals surface area contributed by atoms with Gasteiger partial charge >= 0.3 is 0 Å². The molecule has 0 aliphatic heterocycles. The van der Waals surface area contributed by atoms with E-state index >= 15 is 0 Å². The van der Waals surface area contributed by atoms with Crippen molar-refractivity contribution in [2.24, 2.45) is 0 Å². The molecule has 0 saturated heterocycles. The number of nitrogens with zero attached hydrogens (tertiary/aromatic N) is 1. The van der Waals surface area contributed by atoms with Crippen molar-refractivity contribution in [3.8, 4) is 5.75 Å². The molecule has 6 heteroatoms. The van der Waals surface area contributed by atoms with Crippen LogP contribution in [0.1, 0.15) is 0 Å². The van der Waals surface area contributed by atoms with Crippen LogP contribution in [0.3, 0.4) is 0 Å². The molecule has 0 aromatic heterocycles. The zero-order chi connectivity index (χ0) is 12.2. The largest absolute Gasteiger partial charge is 0.491 e. The number of sulfonamides is 1. The zero-order valence-corrected chi connectivity index (χ0v) is 11.6. The summed E-state index contributed by atoms with van der Waals surface area (Å²) in [5.74, 6) is 0.712. The third kappa shape index (κ3) is 4.11. The van der Waals surface area contributed by atoms with Crippen molar-refractivity contribution < 1.29 is 13.2 Å². The van der Waals surface area contributed by atoms with Crippen LogP contribution in [0, 0.1) is 0 Å². The maximum Gasteiger partial charge on any atom is 0.211 e. The molecule has 0 unspecified atom stereocenters. The third-order valence-corrected chi connectivity index (χ3v) is 4.04. The van der Waals surface area contributed by atoms with Crippen LogP contribution in [-0.4, -0.2) is 39.2 Å². The fourth-order valence-corrected chi connectivity index (χ4v) is 1.82. The third-order valence-electron chi connectivity index (χ3n) is 2.07. The first kappa shape index (κ1) is 13.5. The van der Waals surface area contributed by atoms with Crippen molar-refractivity contribution in [2.75, 3.05) is 26.5 Å². The van der Waals surface area contributed by atoms with Gasteiger partial charge in [0.25, 0.3) is 0 Å². The second-order valence-electron chi connectivity index (χ2n) is 3.36. The zero-order valence-electron chi connectivity index (χ0n) is 9.18. The highest BCUT2D eigenvalue weighted by molar-refractivity contribution is 9.10. The van der Waals surface area contributed by atoms with Gasteiger partial charge in [0, 0.05) is 13.6 Å². The molecular weight excluding hydrogens is 294 g/mol. The van der Waals surface area contributed by atoms with E-state index in [4.69, 9.17) is 4.74 Å². The lowest BCUT2D eigenvalue weighted by molar-refractivity contribution is 0.286. The lowest BCUT2D eigenvalue weighted by atomic mass is 10.3. The normalized spacial score (nSPS) is 11.8. The second kappa shape index (κ2) is 5.65. The Balaban J connectivity index is 2.46. The van der Waals surface area contributed by atoms with Crippen molar-refractivity contribution in [1.82, 2.24) is 4.31 Å². The van der Waals surface area contributed by atoms with Gasteiger partial charge in [0.15, 0.2) is 0 Å². The fraction of sp³-hybridized carbons (Fsp3) is 0.400. The first-order valence-electron chi connectivity index (χ1n) is 4.70. The van der Waals surface area contributed by atoms with Crippen LogP contribution in [0.4, 0.5) is 0 Å². The fourth-order valence-electron chi connectivity index (χ4n) is 1.01. The van der Waals surface area contributed by atoms with Crippen LogP contribution in [0.2, 0.25) is 0 Å². The van der Waals surface area contributed by atoms with Gasteiger partial charge in [-0.15, -0.1) is 0 Å². The molecule has 0 radical (unpaired) electrons. The summed E-state index contributed by atoms with van der Waals surface area (Å²) < 4.78 is 29.8. The van der Waals surface area contributed by atoms with Crippen molar-refractivity contribution >= 4 is 26.0 Å². The Bertz CT molecular complexity index is 447. The summed E-state index contributed by atoms with van der Waals surface area (Å²) >= 11 is 3.35. The number of likely N-dealkylation sites (N-methyl/N-ethyl adjacent to an activating group) is 1. The Morgan fingerprint density at radius 1 is 1.38 bits per heavy atom. The Morgan fingerprint density at radius 3 is 2.56 bits per heavy atom. The summed E-state index contributed by atoms with van der Waals surface area (Å²) in [6, 6.07) is 7.44. The quantitative estimate of drug-likeness (QED) is 0.832. The lowest BCUT2D eigenvalue weighted by Crippen LogP contribution is -2.29. The Hall–Kier alpha value is -0.590. The highest BCUT2D eigenvalue weighted by atomic mass is 79.9. The van der Waals surface area contributed by atoms with E-state index in [9.17, 15) is 8.42 Å². The molecule has 0 saturated carbocycles. The number of benzene rings is 1. The molecule has 1 aromatic rings. The maximum atomic E-state index is 11.1. The van der Waals surface area contributed by atoms with Crippen LogP contribution in [0.15, 0.2) is 28.7 Å². The molecular formula is C10H14BrNO3S. The average Bonchev–Trinajstić information content (AvgIpc) is 2.19. The highest BCUT2D eigenvalue weighted by Gasteiger charge is 2.10. The lowest BCUT2D eigenvalue weighted by Gasteiger charge is -2.14. The van der Waals surface area contributed by atoms with Gasteiger partial charge < -0.3 is 4.74 Å². The number of rotatable bonds is 5. The first-order valence-corrected chi connectivity index (χ1v) is 7.34. The standard InChI is InChI=1S/C10H14BrNO3S/c1-12(16(2,13)14)7-8-15-10-6-4-3-5-9(10)11/h3-6H,7-8H2,1-2H3. The van der Waals surface area contributed by atoms with Crippen molar-refractivity contribution in [1.29, 1.82) is 0 Å². The van der Waals surface area contributed by atoms with E-state index in [0.717, 1.165) is 4.47 Å². The first-order chi connectivity index (χ1) is 7.41. The molecule has 90 valence electrons. The summed E-state index contributed by atoms with van der Waals surface area (Å²) in [7, 11) is -1.60. The Labute approximate surface area is 104 Å². The molecule has 16 heavy (non-hydrogen) atoms. The van der Waals surface area contributed by atoms with Crippen molar-refractivity contribution in [3.05, 3.63) is 28.7 Å². The predicted octanol–water partition coefficient (Wildman–Crippen LogP) is 1.72. The van der Waals surface area contributed by atoms with Gasteiger partial charge in [0.05, 0.1) is 10.7 Å². The number of halogens is 1. The van der Waals surface area contributed by atoms with E-state index in [1.165, 1.54) is 17.6 Å². The summed E-state index contributed by atoms with van der Waals surface area (Å²) in [6.45, 7) is 0.659. The van der Waals surface area contributed by atoms with Gasteiger partial charge in [-0.2, -0.15) is 0 Å². The topological polar surface area (TPSA) is 46.6 Å². The van der Waals surface area contributed by atoms with E-state index in [2.05, 4.69) is 15.9 Å². The molecule has 0 spiro atoms. The van der Waals surface area contributed by atoms with Crippen LogP contribution in [-0.2, 0) is 10.0 Å². The number of para-hydroxylation sites is 1. The van der Waals surface area contributed by atoms with Gasteiger partial charge in [0.2, 0.25) is 10.0 Å². The Morgan fingerprint density at radius 2 is 2.00 bits per heavy atom. The molecule has 0 fully saturated rings. The van der Waals surface area contributed by atoms with E-state index in [-0.39, 0.29) is 0 Å². The molecule has 4 nitrogen and oxygen atoms in total. The average molecular weight is 308 g/mol. The molecule has 0 aliphatic rings. The smallest absolute Gasteiger partial charge is 0.211 e. The monoisotopic (exact) mass is 307 g/mol. The highest BCUT2D eigenvalue weighted by Crippen LogP contribution is 2.23. The van der Waals surface area contributed by atoms with E-state index in [1.807, 2.05) is 24.3 Å². The van der Waals surface area contributed by atoms with Crippen LogP contribution in [0.5, 0.6) is 5.75 Å². The van der Waals surface area contributed by atoms with Gasteiger partial charge in [-0.1, -0.05) is 12.1 Å². The molecule has 0 heterocycles. The van der Waals surface area contributed by atoms with Crippen LogP contribution in [0.25, 0.3) is 0 Å². The molecule has 0 bridgehead atoms. The molecule has 1 aromatic carbocycles. The molecule has 1 rings (SSSR count). The number of ether oxygens (including phenoxy) is 1. The predicted molar refractivity (Wildman–Crippen MR) is 67.1 cm³/mol. The minimum atomic E-state index is -3.13. The maximum absolute atomic E-state index is 11.1. The van der Waals surface area contributed by atoms with Crippen molar-refractivity contribution in [3.63, 3.8) is 0 Å². The molecule has 0 atom stereocenters. The Kier molecular flexibility index (Phi) is 4.76. The van der Waals surface area contributed by atoms with Gasteiger partial charge in [0.1, 0.15) is 12.4 Å². The van der Waals surface area contributed by atoms with Gasteiger partial charge in [-0.05, 0) is 28.1 Å². The van der Waals surface area contributed by atoms with E-state index in [0.29, 0.717) is 18.9 Å². The second-order valence-corrected chi connectivity index (χ2v) is 6.31. The van der Waals surface area contributed by atoms with Crippen molar-refractivity contribution in [2.45, 2.75) is 0 Å². The summed E-state index contributed by atoms with van der Waals surface area (Å²) in [4.78, 5) is 0. The minimum Gasteiger partial charge on any atom is -0.491 e. The van der Waals surface area contributed by atoms with E-state index < -0.39 is 10.0 Å². The molecule has 0 N–H and O–H groups in total. The SMILES string of the molecule is CN(CCOc1ccccc1Br)S(C)(=O)=O. The summed E-state index contributed by atoms with van der Waals surface area (Å²) in [5.41, 5.74) is 0. The van der Waals surface area contributed by atoms with Gasteiger partial charge in [-0.3, -0.25) is 0 Å². The van der Waals surface area contributed by atoms with E-state index in [1.54, 1.807) is 0 Å². The number of hydrogen-bond acceptors (Lipinski definition) is 3. The summed E-state index contributed by atoms with van der Waals surface area (Å²) in [6.07, 6.45) is 1.17. The minimum absolute atomic E-state index is 0.326. The van der Waals surface area contributed by atoms with Crippen LogP contribution < -0.4 is 4.74 Å². The van der Waals surface area contributed by atoms with Crippen LogP contribution >= 0.6 is 15.9 Å². The molecule has 0 amide bonds. The number of hydrogen-bond donors (Lipinski definition) is 0.